The van der Waals surface area contributed by atoms with Gasteiger partial charge in [0.2, 0.25) is 0 Å². The molecule has 0 saturated heterocycles. The van der Waals surface area contributed by atoms with Crippen molar-refractivity contribution in [3.63, 3.8) is 0 Å². The lowest BCUT2D eigenvalue weighted by Crippen LogP contribution is -2.17. The summed E-state index contributed by atoms with van der Waals surface area (Å²) in [6.45, 7) is 2.21. The molecule has 1 atom stereocenters. The zero-order valence-electron chi connectivity index (χ0n) is 8.26. The van der Waals surface area contributed by atoms with E-state index < -0.39 is 0 Å². The van der Waals surface area contributed by atoms with Crippen molar-refractivity contribution >= 4 is 0 Å². The molecule has 1 rings (SSSR count). The Bertz CT molecular complexity index is 106. The first-order valence-corrected chi connectivity index (χ1v) is 5.52. The monoisotopic (exact) mass is 170 g/mol. The summed E-state index contributed by atoms with van der Waals surface area (Å²) in [5.74, 6) is 0.641. The molecule has 1 unspecified atom stereocenters. The van der Waals surface area contributed by atoms with E-state index in [-0.39, 0.29) is 6.10 Å². The van der Waals surface area contributed by atoms with Gasteiger partial charge in [-0.1, -0.05) is 39.0 Å². The zero-order chi connectivity index (χ0) is 8.81. The fraction of sp³-hybridized carbons (Fsp3) is 1.00. The van der Waals surface area contributed by atoms with Crippen molar-refractivity contribution in [2.75, 3.05) is 0 Å². The first-order valence-electron chi connectivity index (χ1n) is 5.52. The van der Waals surface area contributed by atoms with Gasteiger partial charge in [0.25, 0.3) is 0 Å². The summed E-state index contributed by atoms with van der Waals surface area (Å²) in [6, 6.07) is 0. The summed E-state index contributed by atoms with van der Waals surface area (Å²) in [6.07, 6.45) is 10.0. The van der Waals surface area contributed by atoms with Crippen molar-refractivity contribution in [3.05, 3.63) is 0 Å². The number of hydrogen-bond acceptors (Lipinski definition) is 1. The second kappa shape index (κ2) is 5.58. The standard InChI is InChI=1S/C11H22O/c1-2-3-4-9-11(12)10-7-5-6-8-10/h10-12H,2-9H2,1H3. The molecule has 1 nitrogen and oxygen atoms in total. The predicted octanol–water partition coefficient (Wildman–Crippen LogP) is 3.12. The molecule has 1 saturated carbocycles. The molecule has 0 radical (unpaired) electrons. The second-order valence-electron chi connectivity index (χ2n) is 4.11. The smallest absolute Gasteiger partial charge is 0.0568 e. The molecular weight excluding hydrogens is 148 g/mol. The van der Waals surface area contributed by atoms with Gasteiger partial charge in [-0.05, 0) is 25.2 Å². The van der Waals surface area contributed by atoms with Gasteiger partial charge in [0, 0.05) is 0 Å². The van der Waals surface area contributed by atoms with Crippen LogP contribution in [0.25, 0.3) is 0 Å². The number of rotatable bonds is 5. The van der Waals surface area contributed by atoms with Crippen LogP contribution in [0.15, 0.2) is 0 Å². The van der Waals surface area contributed by atoms with E-state index in [9.17, 15) is 5.11 Å². The average molecular weight is 170 g/mol. The molecule has 0 aliphatic heterocycles. The lowest BCUT2D eigenvalue weighted by Gasteiger charge is -2.16. The van der Waals surface area contributed by atoms with Crippen molar-refractivity contribution in [1.29, 1.82) is 0 Å². The van der Waals surface area contributed by atoms with E-state index in [4.69, 9.17) is 0 Å². The van der Waals surface area contributed by atoms with Crippen molar-refractivity contribution < 1.29 is 5.11 Å². The van der Waals surface area contributed by atoms with Crippen LogP contribution in [-0.4, -0.2) is 11.2 Å². The van der Waals surface area contributed by atoms with Crippen LogP contribution in [0.5, 0.6) is 0 Å². The molecular formula is C11H22O. The summed E-state index contributed by atoms with van der Waals surface area (Å²) in [5, 5.41) is 9.78. The van der Waals surface area contributed by atoms with Gasteiger partial charge in [0.15, 0.2) is 0 Å². The highest BCUT2D eigenvalue weighted by Crippen LogP contribution is 2.29. The van der Waals surface area contributed by atoms with Crippen LogP contribution in [0, 0.1) is 5.92 Å². The van der Waals surface area contributed by atoms with Crippen molar-refractivity contribution in [1.82, 2.24) is 0 Å². The predicted molar refractivity (Wildman–Crippen MR) is 52.1 cm³/mol. The van der Waals surface area contributed by atoms with Gasteiger partial charge in [-0.3, -0.25) is 0 Å². The molecule has 72 valence electrons. The van der Waals surface area contributed by atoms with Crippen LogP contribution >= 0.6 is 0 Å². The molecule has 0 aromatic carbocycles. The van der Waals surface area contributed by atoms with Gasteiger partial charge in [0.05, 0.1) is 6.10 Å². The summed E-state index contributed by atoms with van der Waals surface area (Å²) >= 11 is 0. The first-order chi connectivity index (χ1) is 5.84. The van der Waals surface area contributed by atoms with E-state index in [1.165, 1.54) is 44.9 Å². The summed E-state index contributed by atoms with van der Waals surface area (Å²) < 4.78 is 0. The van der Waals surface area contributed by atoms with E-state index >= 15 is 0 Å². The van der Waals surface area contributed by atoms with E-state index in [1.54, 1.807) is 0 Å². The van der Waals surface area contributed by atoms with Crippen LogP contribution in [0.2, 0.25) is 0 Å². The molecule has 12 heavy (non-hydrogen) atoms. The minimum atomic E-state index is 0.0130. The first kappa shape index (κ1) is 10.0. The molecule has 0 aromatic rings. The molecule has 0 heterocycles. The SMILES string of the molecule is CCCCCC(O)C1CCCC1. The Kier molecular flexibility index (Phi) is 4.67. The molecule has 1 fully saturated rings. The van der Waals surface area contributed by atoms with E-state index in [0.717, 1.165) is 6.42 Å². The van der Waals surface area contributed by atoms with Crippen LogP contribution in [0.4, 0.5) is 0 Å². The van der Waals surface area contributed by atoms with Crippen molar-refractivity contribution in [3.8, 4) is 0 Å². The topological polar surface area (TPSA) is 20.2 Å². The van der Waals surface area contributed by atoms with Crippen LogP contribution in [0.3, 0.4) is 0 Å². The van der Waals surface area contributed by atoms with E-state index in [0.29, 0.717) is 5.92 Å². The lowest BCUT2D eigenvalue weighted by molar-refractivity contribution is 0.0991. The summed E-state index contributed by atoms with van der Waals surface area (Å²) in [4.78, 5) is 0. The summed E-state index contributed by atoms with van der Waals surface area (Å²) in [7, 11) is 0. The second-order valence-corrected chi connectivity index (χ2v) is 4.11. The Balaban J connectivity index is 2.05. The summed E-state index contributed by atoms with van der Waals surface area (Å²) in [5.41, 5.74) is 0. The number of unbranched alkanes of at least 4 members (excludes halogenated alkanes) is 2. The Morgan fingerprint density at radius 2 is 1.92 bits per heavy atom. The quantitative estimate of drug-likeness (QED) is 0.628. The van der Waals surface area contributed by atoms with Crippen LogP contribution in [-0.2, 0) is 0 Å². The fourth-order valence-corrected chi connectivity index (χ4v) is 2.18. The number of hydrogen-bond donors (Lipinski definition) is 1. The molecule has 1 aliphatic carbocycles. The Labute approximate surface area is 76.2 Å². The maximum atomic E-state index is 9.78. The number of aliphatic hydroxyl groups excluding tert-OH is 1. The molecule has 1 heteroatoms. The van der Waals surface area contributed by atoms with Gasteiger partial charge in [-0.2, -0.15) is 0 Å². The van der Waals surface area contributed by atoms with Gasteiger partial charge < -0.3 is 5.11 Å². The zero-order valence-corrected chi connectivity index (χ0v) is 8.26. The average Bonchev–Trinajstić information content (AvgIpc) is 2.56. The number of aliphatic hydroxyl groups is 1. The molecule has 0 amide bonds. The highest BCUT2D eigenvalue weighted by atomic mass is 16.3. The Morgan fingerprint density at radius 1 is 1.25 bits per heavy atom. The van der Waals surface area contributed by atoms with Gasteiger partial charge in [-0.15, -0.1) is 0 Å². The molecule has 0 spiro atoms. The van der Waals surface area contributed by atoms with E-state index in [2.05, 4.69) is 6.92 Å². The third-order valence-electron chi connectivity index (χ3n) is 3.05. The minimum absolute atomic E-state index is 0.0130. The minimum Gasteiger partial charge on any atom is -0.393 e. The van der Waals surface area contributed by atoms with Crippen LogP contribution < -0.4 is 0 Å². The maximum Gasteiger partial charge on any atom is 0.0568 e. The third-order valence-corrected chi connectivity index (χ3v) is 3.05. The highest BCUT2D eigenvalue weighted by Gasteiger charge is 2.22. The normalized spacial score (nSPS) is 21.5. The fourth-order valence-electron chi connectivity index (χ4n) is 2.18. The maximum absolute atomic E-state index is 9.78. The van der Waals surface area contributed by atoms with Crippen molar-refractivity contribution in [2.45, 2.75) is 64.4 Å². The van der Waals surface area contributed by atoms with Gasteiger partial charge in [-0.25, -0.2) is 0 Å². The van der Waals surface area contributed by atoms with Gasteiger partial charge >= 0.3 is 0 Å². The van der Waals surface area contributed by atoms with Crippen LogP contribution in [0.1, 0.15) is 58.3 Å². The molecule has 1 N–H and O–H groups in total. The Morgan fingerprint density at radius 3 is 2.50 bits per heavy atom. The Hall–Kier alpha value is -0.0400. The molecule has 0 bridgehead atoms. The third kappa shape index (κ3) is 3.14. The molecule has 1 aliphatic rings. The highest BCUT2D eigenvalue weighted by molar-refractivity contribution is 4.74. The van der Waals surface area contributed by atoms with Crippen molar-refractivity contribution in [2.24, 2.45) is 5.92 Å². The van der Waals surface area contributed by atoms with E-state index in [1.807, 2.05) is 0 Å². The lowest BCUT2D eigenvalue weighted by atomic mass is 9.96. The van der Waals surface area contributed by atoms with Gasteiger partial charge in [0.1, 0.15) is 0 Å². The largest absolute Gasteiger partial charge is 0.393 e. The molecule has 0 aromatic heterocycles.